The highest BCUT2D eigenvalue weighted by Gasteiger charge is 2.09. The summed E-state index contributed by atoms with van der Waals surface area (Å²) in [4.78, 5) is 31.7. The molecular weight excluding hydrogens is 308 g/mol. The Morgan fingerprint density at radius 2 is 2.00 bits per heavy atom. The normalized spacial score (nSPS) is 9.88. The second-order valence-corrected chi connectivity index (χ2v) is 4.69. The molecule has 2 rings (SSSR count). The first-order valence-corrected chi connectivity index (χ1v) is 7.40. The molecular formula is C17H18N4O3. The van der Waals surface area contributed by atoms with E-state index < -0.39 is 0 Å². The molecule has 0 aliphatic heterocycles. The molecule has 1 aromatic heterocycles. The van der Waals surface area contributed by atoms with Gasteiger partial charge in [0.1, 0.15) is 5.69 Å². The number of rotatable bonds is 7. The fourth-order valence-corrected chi connectivity index (χ4v) is 1.83. The van der Waals surface area contributed by atoms with Gasteiger partial charge in [0.05, 0.1) is 12.2 Å². The number of carbonyl (C=O) groups excluding carboxylic acids is 2. The van der Waals surface area contributed by atoms with Crippen molar-refractivity contribution in [2.75, 3.05) is 18.5 Å². The van der Waals surface area contributed by atoms with E-state index in [1.165, 1.54) is 12.3 Å². The molecule has 7 nitrogen and oxygen atoms in total. The van der Waals surface area contributed by atoms with Crippen LogP contribution in [0.4, 0.5) is 11.6 Å². The molecule has 0 aliphatic rings. The molecule has 0 atom stereocenters. The third-order valence-electron chi connectivity index (χ3n) is 2.95. The topological polar surface area (TPSA) is 93.2 Å². The number of nitrogens with one attached hydrogen (secondary N) is 2. The van der Waals surface area contributed by atoms with Gasteiger partial charge in [-0.25, -0.2) is 14.8 Å². The van der Waals surface area contributed by atoms with E-state index in [4.69, 9.17) is 4.74 Å². The molecule has 1 aromatic carbocycles. The zero-order chi connectivity index (χ0) is 17.4. The van der Waals surface area contributed by atoms with Gasteiger partial charge in [0.15, 0.2) is 0 Å². The molecule has 7 heteroatoms. The molecule has 0 bridgehead atoms. The van der Waals surface area contributed by atoms with Gasteiger partial charge in [0, 0.05) is 18.4 Å². The van der Waals surface area contributed by atoms with Gasteiger partial charge in [0.2, 0.25) is 5.95 Å². The summed E-state index contributed by atoms with van der Waals surface area (Å²) in [5.41, 5.74) is 1.39. The number of esters is 1. The third-order valence-corrected chi connectivity index (χ3v) is 2.95. The lowest BCUT2D eigenvalue weighted by molar-refractivity contribution is 0.0526. The summed E-state index contributed by atoms with van der Waals surface area (Å²) in [5, 5.41) is 5.62. The van der Waals surface area contributed by atoms with E-state index in [1.807, 2.05) is 0 Å². The van der Waals surface area contributed by atoms with Gasteiger partial charge in [-0.3, -0.25) is 4.79 Å². The summed E-state index contributed by atoms with van der Waals surface area (Å²) < 4.78 is 4.92. The molecule has 124 valence electrons. The number of hydrogen-bond donors (Lipinski definition) is 2. The van der Waals surface area contributed by atoms with Gasteiger partial charge in [-0.1, -0.05) is 6.08 Å². The minimum absolute atomic E-state index is 0.248. The van der Waals surface area contributed by atoms with E-state index in [1.54, 1.807) is 37.3 Å². The molecule has 0 unspecified atom stereocenters. The second-order valence-electron chi connectivity index (χ2n) is 4.69. The van der Waals surface area contributed by atoms with Gasteiger partial charge in [-0.05, 0) is 37.3 Å². The van der Waals surface area contributed by atoms with Crippen molar-refractivity contribution < 1.29 is 14.3 Å². The number of carbonyl (C=O) groups is 2. The number of anilines is 2. The molecule has 0 fully saturated rings. The molecule has 0 saturated heterocycles. The number of nitrogens with zero attached hydrogens (tertiary/aromatic N) is 2. The lowest BCUT2D eigenvalue weighted by Crippen LogP contribution is -2.24. The molecule has 1 amide bonds. The fraction of sp³-hybridized carbons (Fsp3) is 0.176. The second kappa shape index (κ2) is 8.42. The lowest BCUT2D eigenvalue weighted by Gasteiger charge is -2.07. The molecule has 2 aromatic rings. The maximum absolute atomic E-state index is 11.9. The first kappa shape index (κ1) is 17.1. The Balaban J connectivity index is 2.07. The Bertz CT molecular complexity index is 729. The number of ether oxygens (including phenoxy) is 1. The number of aromatic nitrogens is 2. The Morgan fingerprint density at radius 1 is 1.25 bits per heavy atom. The predicted molar refractivity (Wildman–Crippen MR) is 90.2 cm³/mol. The summed E-state index contributed by atoms with van der Waals surface area (Å²) in [5.74, 6) is -0.399. The minimum atomic E-state index is -0.374. The van der Waals surface area contributed by atoms with Crippen LogP contribution in [0.2, 0.25) is 0 Å². The quantitative estimate of drug-likeness (QED) is 0.599. The van der Waals surface area contributed by atoms with E-state index in [-0.39, 0.29) is 23.5 Å². The Labute approximate surface area is 139 Å². The molecule has 1 heterocycles. The van der Waals surface area contributed by atoms with Crippen LogP contribution in [0.15, 0.2) is 49.2 Å². The average Bonchev–Trinajstić information content (AvgIpc) is 2.60. The lowest BCUT2D eigenvalue weighted by atomic mass is 10.2. The maximum atomic E-state index is 11.9. The van der Waals surface area contributed by atoms with E-state index in [9.17, 15) is 9.59 Å². The fourth-order valence-electron chi connectivity index (χ4n) is 1.83. The Kier molecular flexibility index (Phi) is 6.01. The van der Waals surface area contributed by atoms with Crippen LogP contribution in [0.5, 0.6) is 0 Å². The van der Waals surface area contributed by atoms with Crippen LogP contribution in [-0.4, -0.2) is 35.0 Å². The van der Waals surface area contributed by atoms with Crippen molar-refractivity contribution in [3.63, 3.8) is 0 Å². The van der Waals surface area contributed by atoms with E-state index in [0.29, 0.717) is 24.4 Å². The van der Waals surface area contributed by atoms with Gasteiger partial charge < -0.3 is 15.4 Å². The van der Waals surface area contributed by atoms with Crippen LogP contribution in [-0.2, 0) is 4.74 Å². The SMILES string of the molecule is C=CCNC(=O)c1ccnc(Nc2ccc(C(=O)OCC)cc2)n1. The molecule has 0 saturated carbocycles. The summed E-state index contributed by atoms with van der Waals surface area (Å²) >= 11 is 0. The van der Waals surface area contributed by atoms with Gasteiger partial charge in [-0.2, -0.15) is 0 Å². The van der Waals surface area contributed by atoms with Crippen LogP contribution in [0.25, 0.3) is 0 Å². The van der Waals surface area contributed by atoms with Crippen LogP contribution in [0, 0.1) is 0 Å². The van der Waals surface area contributed by atoms with Crippen molar-refractivity contribution in [1.29, 1.82) is 0 Å². The first-order chi connectivity index (χ1) is 11.6. The smallest absolute Gasteiger partial charge is 0.338 e. The maximum Gasteiger partial charge on any atom is 0.338 e. The largest absolute Gasteiger partial charge is 0.462 e. The molecule has 0 spiro atoms. The first-order valence-electron chi connectivity index (χ1n) is 7.40. The molecule has 2 N–H and O–H groups in total. The van der Waals surface area contributed by atoms with Gasteiger partial charge in [-0.15, -0.1) is 6.58 Å². The third kappa shape index (κ3) is 4.64. The van der Waals surface area contributed by atoms with Crippen molar-refractivity contribution in [3.8, 4) is 0 Å². The predicted octanol–water partition coefficient (Wildman–Crippen LogP) is 2.31. The minimum Gasteiger partial charge on any atom is -0.462 e. The number of hydrogen-bond acceptors (Lipinski definition) is 6. The van der Waals surface area contributed by atoms with E-state index in [2.05, 4.69) is 27.2 Å². The molecule has 0 radical (unpaired) electrons. The van der Waals surface area contributed by atoms with Crippen molar-refractivity contribution >= 4 is 23.5 Å². The molecule has 24 heavy (non-hydrogen) atoms. The summed E-state index contributed by atoms with van der Waals surface area (Å²) in [6, 6.07) is 8.22. The monoisotopic (exact) mass is 326 g/mol. The Morgan fingerprint density at radius 3 is 2.67 bits per heavy atom. The molecule has 0 aliphatic carbocycles. The van der Waals surface area contributed by atoms with Gasteiger partial charge >= 0.3 is 5.97 Å². The standard InChI is InChI=1S/C17H18N4O3/c1-3-10-18-15(22)14-9-11-19-17(21-14)20-13-7-5-12(6-8-13)16(23)24-4-2/h3,5-9,11H,1,4,10H2,2H3,(H,18,22)(H,19,20,21). The zero-order valence-corrected chi connectivity index (χ0v) is 13.3. The summed E-state index contributed by atoms with van der Waals surface area (Å²) in [6.07, 6.45) is 3.08. The van der Waals surface area contributed by atoms with E-state index in [0.717, 1.165) is 0 Å². The summed E-state index contributed by atoms with van der Waals surface area (Å²) in [6.45, 7) is 5.98. The number of benzene rings is 1. The van der Waals surface area contributed by atoms with Crippen LogP contribution >= 0.6 is 0 Å². The zero-order valence-electron chi connectivity index (χ0n) is 13.3. The van der Waals surface area contributed by atoms with Crippen LogP contribution in [0.1, 0.15) is 27.8 Å². The Hall–Kier alpha value is -3.22. The van der Waals surface area contributed by atoms with Crippen molar-refractivity contribution in [3.05, 3.63) is 60.4 Å². The average molecular weight is 326 g/mol. The highest BCUT2D eigenvalue weighted by molar-refractivity contribution is 5.92. The van der Waals surface area contributed by atoms with Crippen molar-refractivity contribution in [2.24, 2.45) is 0 Å². The summed E-state index contributed by atoms with van der Waals surface area (Å²) in [7, 11) is 0. The van der Waals surface area contributed by atoms with Gasteiger partial charge in [0.25, 0.3) is 5.91 Å². The van der Waals surface area contributed by atoms with E-state index >= 15 is 0 Å². The number of amides is 1. The van der Waals surface area contributed by atoms with Crippen molar-refractivity contribution in [2.45, 2.75) is 6.92 Å². The van der Waals surface area contributed by atoms with Crippen LogP contribution < -0.4 is 10.6 Å². The van der Waals surface area contributed by atoms with Crippen LogP contribution in [0.3, 0.4) is 0 Å². The highest BCUT2D eigenvalue weighted by atomic mass is 16.5. The van der Waals surface area contributed by atoms with Crippen molar-refractivity contribution in [1.82, 2.24) is 15.3 Å². The highest BCUT2D eigenvalue weighted by Crippen LogP contribution is 2.14.